The second-order valence-electron chi connectivity index (χ2n) is 5.56. The van der Waals surface area contributed by atoms with Gasteiger partial charge in [-0.05, 0) is 37.6 Å². The number of benzene rings is 1. The summed E-state index contributed by atoms with van der Waals surface area (Å²) >= 11 is 0. The van der Waals surface area contributed by atoms with E-state index in [1.165, 1.54) is 0 Å². The van der Waals surface area contributed by atoms with Gasteiger partial charge in [0.2, 0.25) is 0 Å². The van der Waals surface area contributed by atoms with Gasteiger partial charge in [0.15, 0.2) is 15.7 Å². The second kappa shape index (κ2) is 5.81. The molecule has 0 atom stereocenters. The molecule has 0 aliphatic heterocycles. The van der Waals surface area contributed by atoms with Crippen LogP contribution in [0.3, 0.4) is 0 Å². The number of hydrogen-bond acceptors (Lipinski definition) is 4. The van der Waals surface area contributed by atoms with Crippen LogP contribution in [0.4, 0.5) is 0 Å². The lowest BCUT2D eigenvalue weighted by Crippen LogP contribution is -2.03. The molecule has 2 aromatic heterocycles. The van der Waals surface area contributed by atoms with E-state index in [0.29, 0.717) is 10.7 Å². The van der Waals surface area contributed by atoms with E-state index < -0.39 is 9.84 Å². The summed E-state index contributed by atoms with van der Waals surface area (Å²) in [6.45, 7) is 6.51. The lowest BCUT2D eigenvalue weighted by atomic mass is 10.3. The third-order valence-electron chi connectivity index (χ3n) is 3.77. The van der Waals surface area contributed by atoms with Crippen molar-refractivity contribution in [3.05, 3.63) is 30.0 Å². The standard InChI is InChI=1S/C16H20N4O2S/c1-4-8-20-15(9-11(3)19-20)16-17-13-7-6-12(10-14(13)18-16)23(21,22)5-2/h6-7,9-10H,4-5,8H2,1-3H3,(H,17,18). The molecule has 0 spiro atoms. The number of aromatic amines is 1. The van der Waals surface area contributed by atoms with E-state index in [1.54, 1.807) is 25.1 Å². The highest BCUT2D eigenvalue weighted by atomic mass is 32.2. The van der Waals surface area contributed by atoms with Crippen LogP contribution < -0.4 is 0 Å². The number of rotatable bonds is 5. The van der Waals surface area contributed by atoms with E-state index in [-0.39, 0.29) is 5.75 Å². The molecular formula is C16H20N4O2S. The first kappa shape index (κ1) is 15.7. The average molecular weight is 332 g/mol. The third-order valence-corrected chi connectivity index (χ3v) is 5.50. The lowest BCUT2D eigenvalue weighted by Gasteiger charge is -2.02. The molecule has 0 fully saturated rings. The molecule has 0 saturated heterocycles. The summed E-state index contributed by atoms with van der Waals surface area (Å²) in [5.74, 6) is 0.794. The van der Waals surface area contributed by atoms with Gasteiger partial charge in [-0.15, -0.1) is 0 Å². The van der Waals surface area contributed by atoms with Crippen LogP contribution in [0.2, 0.25) is 0 Å². The Balaban J connectivity index is 2.11. The van der Waals surface area contributed by atoms with Crippen LogP contribution in [0.1, 0.15) is 26.0 Å². The highest BCUT2D eigenvalue weighted by Gasteiger charge is 2.15. The molecule has 6 nitrogen and oxygen atoms in total. The molecule has 23 heavy (non-hydrogen) atoms. The van der Waals surface area contributed by atoms with Gasteiger partial charge in [-0.1, -0.05) is 13.8 Å². The third kappa shape index (κ3) is 2.88. The van der Waals surface area contributed by atoms with Gasteiger partial charge in [-0.25, -0.2) is 13.4 Å². The molecule has 3 aromatic rings. The molecular weight excluding hydrogens is 312 g/mol. The normalized spacial score (nSPS) is 12.1. The monoisotopic (exact) mass is 332 g/mol. The molecule has 7 heteroatoms. The summed E-state index contributed by atoms with van der Waals surface area (Å²) in [6.07, 6.45) is 0.979. The predicted octanol–water partition coefficient (Wildman–Crippen LogP) is 2.94. The quantitative estimate of drug-likeness (QED) is 0.779. The van der Waals surface area contributed by atoms with Crippen molar-refractivity contribution in [2.24, 2.45) is 0 Å². The molecule has 1 N–H and O–H groups in total. The first-order chi connectivity index (χ1) is 10.9. The van der Waals surface area contributed by atoms with Gasteiger partial charge < -0.3 is 4.98 Å². The van der Waals surface area contributed by atoms with Crippen molar-refractivity contribution in [3.63, 3.8) is 0 Å². The fraction of sp³-hybridized carbons (Fsp3) is 0.375. The molecule has 1 aromatic carbocycles. The maximum absolute atomic E-state index is 12.0. The van der Waals surface area contributed by atoms with Crippen LogP contribution in [-0.4, -0.2) is 33.9 Å². The Morgan fingerprint density at radius 3 is 2.70 bits per heavy atom. The minimum absolute atomic E-state index is 0.0853. The van der Waals surface area contributed by atoms with Gasteiger partial charge in [0, 0.05) is 6.54 Å². The summed E-state index contributed by atoms with van der Waals surface area (Å²) in [4.78, 5) is 8.12. The Morgan fingerprint density at radius 1 is 1.22 bits per heavy atom. The number of aryl methyl sites for hydroxylation is 2. The van der Waals surface area contributed by atoms with Crippen LogP contribution in [0, 0.1) is 6.92 Å². The average Bonchev–Trinajstić information content (AvgIpc) is 3.09. The first-order valence-corrected chi connectivity index (χ1v) is 9.37. The van der Waals surface area contributed by atoms with Gasteiger partial charge in [0.25, 0.3) is 0 Å². The van der Waals surface area contributed by atoms with E-state index in [9.17, 15) is 8.42 Å². The number of hydrogen-bond donors (Lipinski definition) is 1. The molecule has 0 aliphatic carbocycles. The van der Waals surface area contributed by atoms with Crippen LogP contribution in [0.5, 0.6) is 0 Å². The van der Waals surface area contributed by atoms with Crippen molar-refractivity contribution in [1.82, 2.24) is 19.7 Å². The summed E-state index contributed by atoms with van der Waals surface area (Å²) in [5, 5.41) is 4.48. The van der Waals surface area contributed by atoms with Gasteiger partial charge in [-0.3, -0.25) is 4.68 Å². The van der Waals surface area contributed by atoms with E-state index in [0.717, 1.165) is 35.4 Å². The molecule has 2 heterocycles. The SMILES string of the molecule is CCCn1nc(C)cc1-c1nc2ccc(S(=O)(=O)CC)cc2[nH]1. The van der Waals surface area contributed by atoms with Gasteiger partial charge >= 0.3 is 0 Å². The Morgan fingerprint density at radius 2 is 2.00 bits per heavy atom. The van der Waals surface area contributed by atoms with Crippen LogP contribution in [0.15, 0.2) is 29.2 Å². The van der Waals surface area contributed by atoms with E-state index in [1.807, 2.05) is 17.7 Å². The van der Waals surface area contributed by atoms with Crippen molar-refractivity contribution < 1.29 is 8.42 Å². The van der Waals surface area contributed by atoms with E-state index >= 15 is 0 Å². The molecule has 0 unspecified atom stereocenters. The van der Waals surface area contributed by atoms with E-state index in [2.05, 4.69) is 22.0 Å². The van der Waals surface area contributed by atoms with Crippen molar-refractivity contribution in [3.8, 4) is 11.5 Å². The zero-order chi connectivity index (χ0) is 16.6. The number of fused-ring (bicyclic) bond motifs is 1. The van der Waals surface area contributed by atoms with Crippen LogP contribution in [-0.2, 0) is 16.4 Å². The Kier molecular flexibility index (Phi) is 3.97. The van der Waals surface area contributed by atoms with Crippen molar-refractivity contribution in [1.29, 1.82) is 0 Å². The number of imidazole rings is 1. The molecule has 3 rings (SSSR count). The fourth-order valence-electron chi connectivity index (χ4n) is 2.59. The molecule has 0 radical (unpaired) electrons. The van der Waals surface area contributed by atoms with Crippen LogP contribution >= 0.6 is 0 Å². The summed E-state index contributed by atoms with van der Waals surface area (Å²) < 4.78 is 26.0. The predicted molar refractivity (Wildman–Crippen MR) is 90.1 cm³/mol. The first-order valence-electron chi connectivity index (χ1n) is 7.72. The zero-order valence-electron chi connectivity index (χ0n) is 13.5. The minimum Gasteiger partial charge on any atom is -0.337 e. The zero-order valence-corrected chi connectivity index (χ0v) is 14.3. The Hall–Kier alpha value is -2.15. The second-order valence-corrected chi connectivity index (χ2v) is 7.84. The van der Waals surface area contributed by atoms with Gasteiger partial charge in [-0.2, -0.15) is 5.10 Å². The summed E-state index contributed by atoms with van der Waals surface area (Å²) in [6, 6.07) is 6.99. The van der Waals surface area contributed by atoms with Crippen molar-refractivity contribution in [2.75, 3.05) is 5.75 Å². The lowest BCUT2D eigenvalue weighted by molar-refractivity contribution is 0.597. The van der Waals surface area contributed by atoms with E-state index in [4.69, 9.17) is 0 Å². The maximum atomic E-state index is 12.0. The minimum atomic E-state index is -3.22. The number of sulfone groups is 1. The number of nitrogens with one attached hydrogen (secondary N) is 1. The van der Waals surface area contributed by atoms with Crippen LogP contribution in [0.25, 0.3) is 22.6 Å². The Labute approximate surface area is 135 Å². The fourth-order valence-corrected chi connectivity index (χ4v) is 3.49. The highest BCUT2D eigenvalue weighted by Crippen LogP contribution is 2.24. The maximum Gasteiger partial charge on any atom is 0.178 e. The number of H-pyrrole nitrogens is 1. The molecule has 122 valence electrons. The molecule has 0 saturated carbocycles. The summed E-state index contributed by atoms with van der Waals surface area (Å²) in [5.41, 5.74) is 3.32. The largest absolute Gasteiger partial charge is 0.337 e. The Bertz CT molecular complexity index is 954. The molecule has 0 bridgehead atoms. The topological polar surface area (TPSA) is 80.6 Å². The summed E-state index contributed by atoms with van der Waals surface area (Å²) in [7, 11) is -3.22. The number of aromatic nitrogens is 4. The highest BCUT2D eigenvalue weighted by molar-refractivity contribution is 7.91. The van der Waals surface area contributed by atoms with Gasteiger partial charge in [0.1, 0.15) is 5.69 Å². The van der Waals surface area contributed by atoms with Crippen molar-refractivity contribution in [2.45, 2.75) is 38.6 Å². The number of nitrogens with zero attached hydrogens (tertiary/aromatic N) is 3. The molecule has 0 amide bonds. The molecule has 0 aliphatic rings. The smallest absolute Gasteiger partial charge is 0.178 e. The van der Waals surface area contributed by atoms with Crippen molar-refractivity contribution >= 4 is 20.9 Å². The van der Waals surface area contributed by atoms with Gasteiger partial charge in [0.05, 0.1) is 27.4 Å².